The van der Waals surface area contributed by atoms with Crippen molar-refractivity contribution in [1.29, 1.82) is 0 Å². The zero-order valence-corrected chi connectivity index (χ0v) is 13.6. The summed E-state index contributed by atoms with van der Waals surface area (Å²) in [4.78, 5) is 14.5. The highest BCUT2D eigenvalue weighted by Crippen LogP contribution is 2.28. The van der Waals surface area contributed by atoms with Crippen molar-refractivity contribution in [2.24, 2.45) is 11.7 Å². The molecule has 3 rings (SSSR count). The Kier molecular flexibility index (Phi) is 4.77. The Balaban J connectivity index is 1.68. The second-order valence-electron chi connectivity index (χ2n) is 6.45. The molecule has 1 aliphatic heterocycles. The molecule has 0 spiro atoms. The van der Waals surface area contributed by atoms with Gasteiger partial charge in [-0.1, -0.05) is 54.6 Å². The molecule has 1 unspecified atom stereocenters. The molecule has 0 radical (unpaired) electrons. The molecule has 0 aliphatic carbocycles. The molecule has 2 aromatic carbocycles. The topological polar surface area (TPSA) is 46.3 Å². The first-order chi connectivity index (χ1) is 11.2. The van der Waals surface area contributed by atoms with Crippen molar-refractivity contribution in [2.75, 3.05) is 7.05 Å². The van der Waals surface area contributed by atoms with E-state index in [-0.39, 0.29) is 11.8 Å². The number of amides is 1. The van der Waals surface area contributed by atoms with Gasteiger partial charge < -0.3 is 10.6 Å². The predicted octanol–water partition coefficient (Wildman–Crippen LogP) is 2.78. The van der Waals surface area contributed by atoms with E-state index in [1.54, 1.807) is 0 Å². The molecule has 120 valence electrons. The van der Waals surface area contributed by atoms with Gasteiger partial charge in [0, 0.05) is 25.6 Å². The Morgan fingerprint density at radius 1 is 1.00 bits per heavy atom. The van der Waals surface area contributed by atoms with Gasteiger partial charge in [0.1, 0.15) is 0 Å². The number of rotatable bonds is 5. The number of hydrogen-bond donors (Lipinski definition) is 1. The van der Waals surface area contributed by atoms with E-state index in [1.807, 2.05) is 30.1 Å². The van der Waals surface area contributed by atoms with Crippen molar-refractivity contribution in [3.63, 3.8) is 0 Å². The first kappa shape index (κ1) is 15.8. The first-order valence-electron chi connectivity index (χ1n) is 8.26. The second-order valence-corrected chi connectivity index (χ2v) is 6.45. The van der Waals surface area contributed by atoms with E-state index in [0.717, 1.165) is 24.8 Å². The highest BCUT2D eigenvalue weighted by molar-refractivity contribution is 5.81. The van der Waals surface area contributed by atoms with Crippen molar-refractivity contribution in [1.82, 2.24) is 4.90 Å². The lowest BCUT2D eigenvalue weighted by atomic mass is 9.93. The molecule has 3 nitrogen and oxygen atoms in total. The first-order valence-corrected chi connectivity index (χ1v) is 8.26. The number of carbonyl (C=O) groups excluding carboxylic acids is 1. The molecule has 1 fully saturated rings. The molecular weight excluding hydrogens is 284 g/mol. The fourth-order valence-corrected chi connectivity index (χ4v) is 3.50. The van der Waals surface area contributed by atoms with Gasteiger partial charge in [-0.05, 0) is 36.0 Å². The zero-order chi connectivity index (χ0) is 16.2. The summed E-state index contributed by atoms with van der Waals surface area (Å²) in [7, 11) is 1.94. The van der Waals surface area contributed by atoms with E-state index in [2.05, 4.69) is 36.4 Å². The van der Waals surface area contributed by atoms with Crippen LogP contribution < -0.4 is 5.73 Å². The third kappa shape index (κ3) is 3.62. The summed E-state index contributed by atoms with van der Waals surface area (Å²) >= 11 is 0. The van der Waals surface area contributed by atoms with Crippen molar-refractivity contribution in [2.45, 2.75) is 31.8 Å². The molecule has 0 bridgehead atoms. The van der Waals surface area contributed by atoms with Gasteiger partial charge in [-0.3, -0.25) is 4.79 Å². The van der Waals surface area contributed by atoms with E-state index in [9.17, 15) is 4.79 Å². The fraction of sp³-hybridized carbons (Fsp3) is 0.350. The number of carbonyl (C=O) groups is 1. The Morgan fingerprint density at radius 3 is 2.43 bits per heavy atom. The van der Waals surface area contributed by atoms with E-state index >= 15 is 0 Å². The highest BCUT2D eigenvalue weighted by atomic mass is 16.2. The van der Waals surface area contributed by atoms with E-state index in [0.29, 0.717) is 12.6 Å². The maximum atomic E-state index is 12.6. The van der Waals surface area contributed by atoms with Crippen LogP contribution in [0.5, 0.6) is 0 Å². The van der Waals surface area contributed by atoms with Gasteiger partial charge in [0.05, 0.1) is 0 Å². The number of likely N-dealkylation sites (N-methyl/N-ethyl adjacent to an activating group) is 1. The second kappa shape index (κ2) is 6.97. The minimum atomic E-state index is 0.0849. The minimum Gasteiger partial charge on any atom is -0.342 e. The quantitative estimate of drug-likeness (QED) is 0.923. The summed E-state index contributed by atoms with van der Waals surface area (Å²) in [5.41, 5.74) is 9.34. The number of hydrogen-bond acceptors (Lipinski definition) is 2. The van der Waals surface area contributed by atoms with Gasteiger partial charge in [-0.15, -0.1) is 0 Å². The molecule has 1 aliphatic rings. The van der Waals surface area contributed by atoms with Gasteiger partial charge in [0.25, 0.3) is 0 Å². The molecule has 1 saturated heterocycles. The van der Waals surface area contributed by atoms with E-state index in [4.69, 9.17) is 5.73 Å². The third-order valence-corrected chi connectivity index (χ3v) is 4.82. The lowest BCUT2D eigenvalue weighted by Gasteiger charge is -2.19. The maximum absolute atomic E-state index is 12.6. The Bertz CT molecular complexity index is 668. The van der Waals surface area contributed by atoms with Gasteiger partial charge in [-0.25, -0.2) is 0 Å². The molecule has 0 saturated carbocycles. The maximum Gasteiger partial charge on any atom is 0.226 e. The summed E-state index contributed by atoms with van der Waals surface area (Å²) in [5, 5.41) is 0. The van der Waals surface area contributed by atoms with Crippen molar-refractivity contribution >= 4 is 5.91 Å². The third-order valence-electron chi connectivity index (χ3n) is 4.82. The number of nitrogens with two attached hydrogens (primary N) is 1. The van der Waals surface area contributed by atoms with Gasteiger partial charge >= 0.3 is 0 Å². The molecule has 2 N–H and O–H groups in total. The highest BCUT2D eigenvalue weighted by Gasteiger charge is 2.36. The molecule has 0 aromatic heterocycles. The van der Waals surface area contributed by atoms with Crippen LogP contribution in [0.15, 0.2) is 54.6 Å². The normalized spacial score (nSPS) is 21.0. The summed E-state index contributed by atoms with van der Waals surface area (Å²) in [6, 6.07) is 19.0. The van der Waals surface area contributed by atoms with Crippen LogP contribution in [0.1, 0.15) is 23.1 Å². The SMILES string of the molecule is CN1C(=O)C(Cc2cccc(CN)c2)C[C@@H]1Cc1ccccc1. The Hall–Kier alpha value is -2.13. The molecule has 2 aromatic rings. The smallest absolute Gasteiger partial charge is 0.226 e. The predicted molar refractivity (Wildman–Crippen MR) is 92.8 cm³/mol. The summed E-state index contributed by atoms with van der Waals surface area (Å²) in [5.74, 6) is 0.353. The van der Waals surface area contributed by atoms with Crippen molar-refractivity contribution in [3.05, 3.63) is 71.3 Å². The number of benzene rings is 2. The molecule has 23 heavy (non-hydrogen) atoms. The van der Waals surface area contributed by atoms with Crippen LogP contribution in [0.25, 0.3) is 0 Å². The van der Waals surface area contributed by atoms with Crippen LogP contribution in [0, 0.1) is 5.92 Å². The standard InChI is InChI=1S/C20H24N2O/c1-22-19(12-15-6-3-2-4-7-15)13-18(20(22)23)11-16-8-5-9-17(10-16)14-21/h2-10,18-19H,11-14,21H2,1H3/t18?,19-/m0/s1. The molecule has 2 atom stereocenters. The summed E-state index contributed by atoms with van der Waals surface area (Å²) < 4.78 is 0. The lowest BCUT2D eigenvalue weighted by molar-refractivity contribution is -0.130. The lowest BCUT2D eigenvalue weighted by Crippen LogP contribution is -2.31. The van der Waals surface area contributed by atoms with Gasteiger partial charge in [-0.2, -0.15) is 0 Å². The Morgan fingerprint density at radius 2 is 1.70 bits per heavy atom. The minimum absolute atomic E-state index is 0.0849. The van der Waals surface area contributed by atoms with E-state index in [1.165, 1.54) is 11.1 Å². The fourth-order valence-electron chi connectivity index (χ4n) is 3.50. The number of likely N-dealkylation sites (tertiary alicyclic amines) is 1. The largest absolute Gasteiger partial charge is 0.342 e. The molecule has 1 heterocycles. The summed E-state index contributed by atoms with van der Waals surface area (Å²) in [6.45, 7) is 0.545. The van der Waals surface area contributed by atoms with Crippen LogP contribution in [-0.4, -0.2) is 23.9 Å². The van der Waals surface area contributed by atoms with E-state index < -0.39 is 0 Å². The van der Waals surface area contributed by atoms with Crippen LogP contribution in [0.2, 0.25) is 0 Å². The monoisotopic (exact) mass is 308 g/mol. The van der Waals surface area contributed by atoms with Crippen LogP contribution in [-0.2, 0) is 24.2 Å². The van der Waals surface area contributed by atoms with Crippen LogP contribution in [0.4, 0.5) is 0 Å². The average Bonchev–Trinajstić information content (AvgIpc) is 2.84. The average molecular weight is 308 g/mol. The van der Waals surface area contributed by atoms with Gasteiger partial charge in [0.15, 0.2) is 0 Å². The molecule has 1 amide bonds. The van der Waals surface area contributed by atoms with Crippen molar-refractivity contribution < 1.29 is 4.79 Å². The zero-order valence-electron chi connectivity index (χ0n) is 13.6. The molecular formula is C20H24N2O. The molecule has 3 heteroatoms. The number of nitrogens with zero attached hydrogens (tertiary/aromatic N) is 1. The van der Waals surface area contributed by atoms with Gasteiger partial charge in [0.2, 0.25) is 5.91 Å². The van der Waals surface area contributed by atoms with Crippen LogP contribution in [0.3, 0.4) is 0 Å². The summed E-state index contributed by atoms with van der Waals surface area (Å²) in [6.07, 6.45) is 2.67. The van der Waals surface area contributed by atoms with Crippen LogP contribution >= 0.6 is 0 Å². The van der Waals surface area contributed by atoms with Crippen molar-refractivity contribution in [3.8, 4) is 0 Å². The Labute approximate surface area is 138 Å².